The highest BCUT2D eigenvalue weighted by atomic mass is 16.6. The molecule has 18 heavy (non-hydrogen) atoms. The summed E-state index contributed by atoms with van der Waals surface area (Å²) in [5.74, 6) is 0.619. The van der Waals surface area contributed by atoms with Crippen molar-refractivity contribution >= 4 is 11.5 Å². The van der Waals surface area contributed by atoms with E-state index in [9.17, 15) is 14.9 Å². The van der Waals surface area contributed by atoms with E-state index < -0.39 is 4.92 Å². The Hall–Kier alpha value is -1.71. The zero-order valence-electron chi connectivity index (χ0n) is 10.3. The van der Waals surface area contributed by atoms with Crippen LogP contribution >= 0.6 is 0 Å². The fourth-order valence-corrected chi connectivity index (χ4v) is 2.50. The molecule has 0 aliphatic heterocycles. The van der Waals surface area contributed by atoms with E-state index in [1.54, 1.807) is 12.1 Å². The van der Waals surface area contributed by atoms with E-state index in [-0.39, 0.29) is 11.6 Å². The number of carbonyl (C=O) groups is 1. The molecule has 1 aromatic rings. The van der Waals surface area contributed by atoms with Gasteiger partial charge in [-0.2, -0.15) is 0 Å². The van der Waals surface area contributed by atoms with Gasteiger partial charge in [-0.05, 0) is 24.8 Å². The highest BCUT2D eigenvalue weighted by molar-refractivity contribution is 5.81. The first-order valence-electron chi connectivity index (χ1n) is 6.43. The quantitative estimate of drug-likeness (QED) is 0.592. The Balaban J connectivity index is 1.86. The van der Waals surface area contributed by atoms with Crippen molar-refractivity contribution in [2.45, 2.75) is 38.5 Å². The van der Waals surface area contributed by atoms with Crippen molar-refractivity contribution in [1.82, 2.24) is 0 Å². The molecule has 4 nitrogen and oxygen atoms in total. The van der Waals surface area contributed by atoms with Gasteiger partial charge in [-0.1, -0.05) is 25.0 Å². The lowest BCUT2D eigenvalue weighted by atomic mass is 9.97. The number of nitro benzene ring substituents is 1. The van der Waals surface area contributed by atoms with Gasteiger partial charge in [-0.3, -0.25) is 14.9 Å². The van der Waals surface area contributed by atoms with Gasteiger partial charge >= 0.3 is 0 Å². The van der Waals surface area contributed by atoms with E-state index in [2.05, 4.69) is 0 Å². The molecule has 0 atom stereocenters. The normalized spacial score (nSPS) is 15.8. The Kier molecular flexibility index (Phi) is 4.07. The molecular weight excluding hydrogens is 230 g/mol. The average Bonchev–Trinajstić information content (AvgIpc) is 2.90. The third-order valence-electron chi connectivity index (χ3n) is 3.62. The second-order valence-corrected chi connectivity index (χ2v) is 4.87. The molecule has 1 aliphatic rings. The van der Waals surface area contributed by atoms with Gasteiger partial charge < -0.3 is 0 Å². The van der Waals surface area contributed by atoms with Gasteiger partial charge in [0.25, 0.3) is 5.69 Å². The van der Waals surface area contributed by atoms with Crippen LogP contribution in [0.1, 0.15) is 37.7 Å². The second kappa shape index (κ2) is 5.76. The summed E-state index contributed by atoms with van der Waals surface area (Å²) < 4.78 is 0. The molecule has 96 valence electrons. The predicted octanol–water partition coefficient (Wildman–Crippen LogP) is 3.29. The largest absolute Gasteiger partial charge is 0.299 e. The van der Waals surface area contributed by atoms with Crippen LogP contribution in [0.25, 0.3) is 0 Å². The van der Waals surface area contributed by atoms with Crippen molar-refractivity contribution in [1.29, 1.82) is 0 Å². The van der Waals surface area contributed by atoms with Crippen LogP contribution in [0.2, 0.25) is 0 Å². The minimum atomic E-state index is -0.409. The average molecular weight is 247 g/mol. The maximum atomic E-state index is 11.9. The van der Waals surface area contributed by atoms with Crippen molar-refractivity contribution < 1.29 is 9.72 Å². The number of non-ortho nitro benzene ring substituents is 1. The van der Waals surface area contributed by atoms with Crippen molar-refractivity contribution in [2.24, 2.45) is 5.92 Å². The number of rotatable bonds is 5. The fraction of sp³-hybridized carbons (Fsp3) is 0.500. The van der Waals surface area contributed by atoms with Gasteiger partial charge in [0.1, 0.15) is 5.78 Å². The molecule has 1 fully saturated rings. The van der Waals surface area contributed by atoms with Crippen LogP contribution in [0, 0.1) is 16.0 Å². The van der Waals surface area contributed by atoms with Gasteiger partial charge in [0.05, 0.1) is 4.92 Å². The molecule has 0 aromatic heterocycles. The predicted molar refractivity (Wildman–Crippen MR) is 68.4 cm³/mol. The summed E-state index contributed by atoms with van der Waals surface area (Å²) in [5.41, 5.74) is 1.09. The zero-order valence-corrected chi connectivity index (χ0v) is 10.3. The molecule has 1 saturated carbocycles. The Bertz CT molecular complexity index is 433. The van der Waals surface area contributed by atoms with Gasteiger partial charge in [0.15, 0.2) is 0 Å². The molecular formula is C14H17NO3. The Labute approximate surface area is 106 Å². The first kappa shape index (κ1) is 12.7. The maximum absolute atomic E-state index is 11.9. The fourth-order valence-electron chi connectivity index (χ4n) is 2.50. The van der Waals surface area contributed by atoms with E-state index in [1.807, 2.05) is 0 Å². The number of nitrogens with zero attached hydrogens (tertiary/aromatic N) is 1. The zero-order chi connectivity index (χ0) is 13.0. The number of benzene rings is 1. The minimum absolute atomic E-state index is 0.0980. The lowest BCUT2D eigenvalue weighted by Crippen LogP contribution is -2.11. The van der Waals surface area contributed by atoms with Crippen LogP contribution in [-0.4, -0.2) is 10.7 Å². The molecule has 1 aromatic carbocycles. The smallest absolute Gasteiger partial charge is 0.269 e. The van der Waals surface area contributed by atoms with Crippen molar-refractivity contribution in [3.05, 3.63) is 39.9 Å². The van der Waals surface area contributed by atoms with E-state index in [4.69, 9.17) is 0 Å². The Morgan fingerprint density at radius 3 is 2.39 bits per heavy atom. The molecule has 0 unspecified atom stereocenters. The molecule has 0 N–H and O–H groups in total. The highest BCUT2D eigenvalue weighted by Crippen LogP contribution is 2.26. The summed E-state index contributed by atoms with van der Waals surface area (Å²) in [6.45, 7) is 0. The number of aryl methyl sites for hydroxylation is 1. The van der Waals surface area contributed by atoms with Crippen LogP contribution in [0.4, 0.5) is 5.69 Å². The van der Waals surface area contributed by atoms with Crippen molar-refractivity contribution in [3.8, 4) is 0 Å². The summed E-state index contributed by atoms with van der Waals surface area (Å²) in [6, 6.07) is 6.46. The molecule has 0 bridgehead atoms. The lowest BCUT2D eigenvalue weighted by molar-refractivity contribution is -0.384. The monoisotopic (exact) mass is 247 g/mol. The van der Waals surface area contributed by atoms with Crippen molar-refractivity contribution in [2.75, 3.05) is 0 Å². The van der Waals surface area contributed by atoms with E-state index in [0.29, 0.717) is 18.6 Å². The standard InChI is InChI=1S/C14H17NO3/c16-14(12-3-1-2-4-12)10-7-11-5-8-13(9-6-11)15(17)18/h5-6,8-9,12H,1-4,7,10H2. The van der Waals surface area contributed by atoms with Gasteiger partial charge in [0.2, 0.25) is 0 Å². The number of Topliss-reactive ketones (excluding diaryl/α,β-unsaturated/α-hetero) is 1. The van der Waals surface area contributed by atoms with Crippen LogP contribution in [-0.2, 0) is 11.2 Å². The SMILES string of the molecule is O=C(CCc1ccc([N+](=O)[O-])cc1)C1CCCC1. The molecule has 0 amide bonds. The minimum Gasteiger partial charge on any atom is -0.299 e. The topological polar surface area (TPSA) is 60.2 Å². The van der Waals surface area contributed by atoms with Crippen LogP contribution in [0.15, 0.2) is 24.3 Å². The molecule has 0 radical (unpaired) electrons. The summed E-state index contributed by atoms with van der Waals surface area (Å²) in [5, 5.41) is 10.5. The summed E-state index contributed by atoms with van der Waals surface area (Å²) >= 11 is 0. The van der Waals surface area contributed by atoms with Crippen LogP contribution in [0.5, 0.6) is 0 Å². The van der Waals surface area contributed by atoms with E-state index in [0.717, 1.165) is 18.4 Å². The Morgan fingerprint density at radius 1 is 1.22 bits per heavy atom. The number of carbonyl (C=O) groups excluding carboxylic acids is 1. The van der Waals surface area contributed by atoms with Gasteiger partial charge in [-0.15, -0.1) is 0 Å². The molecule has 4 heteroatoms. The Morgan fingerprint density at radius 2 is 1.83 bits per heavy atom. The maximum Gasteiger partial charge on any atom is 0.269 e. The molecule has 0 heterocycles. The molecule has 0 saturated heterocycles. The third-order valence-corrected chi connectivity index (χ3v) is 3.62. The van der Waals surface area contributed by atoms with Crippen LogP contribution < -0.4 is 0 Å². The highest BCUT2D eigenvalue weighted by Gasteiger charge is 2.21. The third kappa shape index (κ3) is 3.15. The summed E-state index contributed by atoms with van der Waals surface area (Å²) in [6.07, 6.45) is 5.68. The molecule has 0 spiro atoms. The van der Waals surface area contributed by atoms with Crippen molar-refractivity contribution in [3.63, 3.8) is 0 Å². The molecule has 1 aliphatic carbocycles. The first-order chi connectivity index (χ1) is 8.66. The number of ketones is 1. The van der Waals surface area contributed by atoms with E-state index in [1.165, 1.54) is 25.0 Å². The van der Waals surface area contributed by atoms with Gasteiger partial charge in [0, 0.05) is 24.5 Å². The number of nitro groups is 1. The molecule has 2 rings (SSSR count). The summed E-state index contributed by atoms with van der Waals surface area (Å²) in [4.78, 5) is 22.0. The van der Waals surface area contributed by atoms with E-state index >= 15 is 0 Å². The van der Waals surface area contributed by atoms with Crippen LogP contribution in [0.3, 0.4) is 0 Å². The first-order valence-corrected chi connectivity index (χ1v) is 6.43. The number of hydrogen-bond donors (Lipinski definition) is 0. The van der Waals surface area contributed by atoms with Gasteiger partial charge in [-0.25, -0.2) is 0 Å². The second-order valence-electron chi connectivity index (χ2n) is 4.87. The number of hydrogen-bond acceptors (Lipinski definition) is 3. The summed E-state index contributed by atoms with van der Waals surface area (Å²) in [7, 11) is 0. The lowest BCUT2D eigenvalue weighted by Gasteiger charge is -2.07.